The summed E-state index contributed by atoms with van der Waals surface area (Å²) in [6.07, 6.45) is 10.6. The van der Waals surface area contributed by atoms with Crippen LogP contribution in [0.25, 0.3) is 16.6 Å². The summed E-state index contributed by atoms with van der Waals surface area (Å²) in [6, 6.07) is 13.5. The van der Waals surface area contributed by atoms with E-state index in [4.69, 9.17) is 14.5 Å². The summed E-state index contributed by atoms with van der Waals surface area (Å²) in [4.78, 5) is 14.2. The summed E-state index contributed by atoms with van der Waals surface area (Å²) in [5, 5.41) is 17.5. The van der Waals surface area contributed by atoms with Crippen molar-refractivity contribution in [1.82, 2.24) is 29.8 Å². The van der Waals surface area contributed by atoms with E-state index in [-0.39, 0.29) is 6.10 Å². The Morgan fingerprint density at radius 3 is 2.60 bits per heavy atom. The molecule has 4 aromatic heterocycles. The molecule has 10 heteroatoms. The number of methoxy groups -OCH3 is 1. The number of nitrogens with zero attached hydrogens (tertiary/aromatic N) is 7. The van der Waals surface area contributed by atoms with Gasteiger partial charge in [-0.2, -0.15) is 10.4 Å². The molecule has 0 aromatic carbocycles. The fourth-order valence-corrected chi connectivity index (χ4v) is 6.27. The predicted molar refractivity (Wildman–Crippen MR) is 150 cm³/mol. The summed E-state index contributed by atoms with van der Waals surface area (Å²) in [7, 11) is 1.64. The van der Waals surface area contributed by atoms with E-state index >= 15 is 0 Å². The Morgan fingerprint density at radius 2 is 1.90 bits per heavy atom. The lowest BCUT2D eigenvalue weighted by Crippen LogP contribution is -2.68. The standard InChI is InChI=1S/C30H32N8O2/c1-39-29-5-2-20(13-34-29)16-37-23-10-24(37)18-36(17-23)28-4-3-21(14-33-28)27-11-26(40-25-6-8-32-9-7-25)19-38-30(27)22(12-31)15-35-38/h2-5,11,13-15,19,23-25,32H,6-10,16-18H2,1H3. The average Bonchev–Trinajstić information content (AvgIpc) is 3.43. The first-order valence-electron chi connectivity index (χ1n) is 13.9. The fraction of sp³-hybridized carbons (Fsp3) is 0.400. The summed E-state index contributed by atoms with van der Waals surface area (Å²) in [5.41, 5.74) is 4.37. The number of hydrogen-bond donors (Lipinski definition) is 1. The smallest absolute Gasteiger partial charge is 0.212 e. The summed E-state index contributed by atoms with van der Waals surface area (Å²) >= 11 is 0. The van der Waals surface area contributed by atoms with Crippen LogP contribution in [0.4, 0.5) is 5.82 Å². The van der Waals surface area contributed by atoms with Gasteiger partial charge in [-0.3, -0.25) is 4.90 Å². The second-order valence-electron chi connectivity index (χ2n) is 10.9. The molecular weight excluding hydrogens is 504 g/mol. The zero-order chi connectivity index (χ0) is 27.1. The number of piperazine rings is 1. The van der Waals surface area contributed by atoms with Crippen molar-refractivity contribution in [2.45, 2.75) is 44.0 Å². The third-order valence-electron chi connectivity index (χ3n) is 8.40. The number of fused-ring (bicyclic) bond motifs is 3. The molecule has 4 saturated heterocycles. The first-order valence-corrected chi connectivity index (χ1v) is 13.9. The molecule has 4 fully saturated rings. The highest BCUT2D eigenvalue weighted by Gasteiger charge is 2.44. The van der Waals surface area contributed by atoms with E-state index in [9.17, 15) is 5.26 Å². The van der Waals surface area contributed by atoms with Crippen molar-refractivity contribution in [3.8, 4) is 28.8 Å². The fourth-order valence-electron chi connectivity index (χ4n) is 6.27. The zero-order valence-corrected chi connectivity index (χ0v) is 22.5. The summed E-state index contributed by atoms with van der Waals surface area (Å²) in [6.45, 7) is 4.74. The number of hydrogen-bond acceptors (Lipinski definition) is 9. The van der Waals surface area contributed by atoms with Crippen molar-refractivity contribution in [3.63, 3.8) is 0 Å². The molecule has 1 N–H and O–H groups in total. The molecule has 0 radical (unpaired) electrons. The van der Waals surface area contributed by atoms with Gasteiger partial charge in [-0.05, 0) is 56.1 Å². The Morgan fingerprint density at radius 1 is 1.05 bits per heavy atom. The highest BCUT2D eigenvalue weighted by molar-refractivity contribution is 5.85. The van der Waals surface area contributed by atoms with Gasteiger partial charge in [0, 0.05) is 61.3 Å². The minimum absolute atomic E-state index is 0.170. The lowest BCUT2D eigenvalue weighted by Gasteiger charge is -2.56. The maximum absolute atomic E-state index is 9.73. The molecule has 2 bridgehead atoms. The van der Waals surface area contributed by atoms with Crippen LogP contribution in [0.3, 0.4) is 0 Å². The largest absolute Gasteiger partial charge is 0.489 e. The first-order chi connectivity index (χ1) is 19.7. The Kier molecular flexibility index (Phi) is 6.46. The Hall–Kier alpha value is -4.20. The normalized spacial score (nSPS) is 21.1. The van der Waals surface area contributed by atoms with Crippen LogP contribution in [0.15, 0.2) is 55.1 Å². The number of piperidine rings is 2. The van der Waals surface area contributed by atoms with Crippen LogP contribution in [-0.2, 0) is 6.54 Å². The molecule has 0 aliphatic carbocycles. The van der Waals surface area contributed by atoms with Gasteiger partial charge in [0.2, 0.25) is 5.88 Å². The van der Waals surface area contributed by atoms with Crippen LogP contribution in [0.5, 0.6) is 11.6 Å². The molecule has 8 rings (SSSR count). The van der Waals surface area contributed by atoms with Gasteiger partial charge in [0.25, 0.3) is 0 Å². The van der Waals surface area contributed by atoms with Crippen molar-refractivity contribution in [1.29, 1.82) is 5.26 Å². The third kappa shape index (κ3) is 4.61. The minimum atomic E-state index is 0.170. The van der Waals surface area contributed by atoms with Crippen molar-refractivity contribution in [3.05, 3.63) is 66.2 Å². The zero-order valence-electron chi connectivity index (χ0n) is 22.5. The van der Waals surface area contributed by atoms with E-state index in [1.807, 2.05) is 30.7 Å². The van der Waals surface area contributed by atoms with Gasteiger partial charge in [-0.1, -0.05) is 6.07 Å². The SMILES string of the molecule is COc1ccc(CN2C3CC2CN(c2ccc(-c4cc(OC5CCNCC5)cn5ncc(C#N)c45)cn2)C3)cn1. The number of aromatic nitrogens is 4. The van der Waals surface area contributed by atoms with Crippen LogP contribution >= 0.6 is 0 Å². The van der Waals surface area contributed by atoms with Gasteiger partial charge >= 0.3 is 0 Å². The molecule has 4 aromatic rings. The second-order valence-corrected chi connectivity index (χ2v) is 10.9. The maximum Gasteiger partial charge on any atom is 0.212 e. The molecule has 4 aliphatic rings. The van der Waals surface area contributed by atoms with Crippen LogP contribution in [0.2, 0.25) is 0 Å². The Labute approximate surface area is 233 Å². The second kappa shape index (κ2) is 10.4. The van der Waals surface area contributed by atoms with Gasteiger partial charge in [0.1, 0.15) is 23.7 Å². The first kappa shape index (κ1) is 24.8. The van der Waals surface area contributed by atoms with Crippen molar-refractivity contribution in [2.24, 2.45) is 0 Å². The molecule has 0 amide bonds. The third-order valence-corrected chi connectivity index (χ3v) is 8.40. The molecule has 0 spiro atoms. The Bertz CT molecular complexity index is 1530. The average molecular weight is 537 g/mol. The van der Waals surface area contributed by atoms with Gasteiger partial charge in [-0.15, -0.1) is 0 Å². The van der Waals surface area contributed by atoms with Gasteiger partial charge in [-0.25, -0.2) is 14.5 Å². The maximum atomic E-state index is 9.73. The Balaban J connectivity index is 1.09. The highest BCUT2D eigenvalue weighted by atomic mass is 16.5. The summed E-state index contributed by atoms with van der Waals surface area (Å²) < 4.78 is 13.3. The van der Waals surface area contributed by atoms with E-state index in [0.717, 1.165) is 73.8 Å². The number of nitriles is 1. The number of anilines is 1. The topological polar surface area (TPSA) is 104 Å². The van der Waals surface area contributed by atoms with Crippen LogP contribution in [0, 0.1) is 11.3 Å². The molecule has 204 valence electrons. The molecule has 8 heterocycles. The van der Waals surface area contributed by atoms with Crippen molar-refractivity contribution >= 4 is 11.3 Å². The van der Waals surface area contributed by atoms with Crippen molar-refractivity contribution < 1.29 is 9.47 Å². The highest BCUT2D eigenvalue weighted by Crippen LogP contribution is 2.37. The van der Waals surface area contributed by atoms with E-state index in [0.29, 0.717) is 23.5 Å². The molecular formula is C30H32N8O2. The summed E-state index contributed by atoms with van der Waals surface area (Å²) in [5.74, 6) is 2.39. The number of ether oxygens (including phenoxy) is 2. The molecule has 2 atom stereocenters. The van der Waals surface area contributed by atoms with Crippen LogP contribution in [0.1, 0.15) is 30.4 Å². The monoisotopic (exact) mass is 536 g/mol. The van der Waals surface area contributed by atoms with E-state index in [2.05, 4.69) is 49.5 Å². The minimum Gasteiger partial charge on any atom is -0.489 e. The predicted octanol–water partition coefficient (Wildman–Crippen LogP) is 3.27. The molecule has 40 heavy (non-hydrogen) atoms. The van der Waals surface area contributed by atoms with Gasteiger partial charge in [0.05, 0.1) is 30.6 Å². The molecule has 4 aliphatic heterocycles. The van der Waals surface area contributed by atoms with E-state index in [1.54, 1.807) is 17.8 Å². The van der Waals surface area contributed by atoms with E-state index < -0.39 is 0 Å². The number of pyridine rings is 3. The van der Waals surface area contributed by atoms with Crippen LogP contribution in [-0.4, -0.2) is 76.0 Å². The quantitative estimate of drug-likeness (QED) is 0.381. The van der Waals surface area contributed by atoms with Gasteiger partial charge < -0.3 is 19.7 Å². The lowest BCUT2D eigenvalue weighted by atomic mass is 9.87. The molecule has 2 unspecified atom stereocenters. The van der Waals surface area contributed by atoms with Crippen LogP contribution < -0.4 is 19.7 Å². The number of rotatable bonds is 7. The molecule has 0 saturated carbocycles. The van der Waals surface area contributed by atoms with Gasteiger partial charge in [0.15, 0.2) is 0 Å². The molecule has 10 nitrogen and oxygen atoms in total. The lowest BCUT2D eigenvalue weighted by molar-refractivity contribution is -0.00876. The van der Waals surface area contributed by atoms with E-state index in [1.165, 1.54) is 12.0 Å². The van der Waals surface area contributed by atoms with Crippen molar-refractivity contribution in [2.75, 3.05) is 38.2 Å². The number of nitrogens with one attached hydrogen (secondary N) is 1.